The van der Waals surface area contributed by atoms with Crippen LogP contribution in [0.25, 0.3) is 10.6 Å². The minimum atomic E-state index is -3.14. The number of aliphatic hydroxyl groups excluding tert-OH is 1. The molecule has 3 aromatic carbocycles. The molecule has 0 aliphatic heterocycles. The largest absolute Gasteiger partial charge is 0.465 e. The first-order valence-electron chi connectivity index (χ1n) is 14.7. The number of primary amides is 1. The van der Waals surface area contributed by atoms with Crippen LogP contribution in [-0.4, -0.2) is 72.6 Å². The summed E-state index contributed by atoms with van der Waals surface area (Å²) < 4.78 is 6.89. The minimum absolute atomic E-state index is 0.0367. The summed E-state index contributed by atoms with van der Waals surface area (Å²) in [7, 11) is -3.14. The van der Waals surface area contributed by atoms with Crippen molar-refractivity contribution < 1.29 is 33.8 Å². The summed E-state index contributed by atoms with van der Waals surface area (Å²) in [6, 6.07) is 23.3. The summed E-state index contributed by atoms with van der Waals surface area (Å²) in [5.41, 5.74) is 6.43. The van der Waals surface area contributed by atoms with Gasteiger partial charge in [-0.1, -0.05) is 81.4 Å². The molecule has 246 valence electrons. The zero-order valence-corrected chi connectivity index (χ0v) is 27.9. The van der Waals surface area contributed by atoms with E-state index in [-0.39, 0.29) is 12.3 Å². The van der Waals surface area contributed by atoms with E-state index >= 15 is 0 Å². The molecule has 0 fully saturated rings. The van der Waals surface area contributed by atoms with Crippen molar-refractivity contribution in [1.82, 2.24) is 15.6 Å². The van der Waals surface area contributed by atoms with Gasteiger partial charge < -0.3 is 31.0 Å². The normalized spacial score (nSPS) is 12.9. The third kappa shape index (κ3) is 8.29. The molecule has 1 heterocycles. The van der Waals surface area contributed by atoms with Crippen LogP contribution in [-0.2, 0) is 14.0 Å². The highest BCUT2D eigenvalue weighted by atomic mass is 32.1. The van der Waals surface area contributed by atoms with Crippen LogP contribution in [0, 0.1) is 0 Å². The lowest BCUT2D eigenvalue weighted by atomic mass is 10.2. The number of nitrogens with two attached hydrogens (primary N) is 1. The Balaban J connectivity index is 1.66. The number of nitrogens with zero attached hydrogens (tertiary/aromatic N) is 1. The van der Waals surface area contributed by atoms with E-state index in [1.807, 2.05) is 60.7 Å². The van der Waals surface area contributed by atoms with Gasteiger partial charge in [0, 0.05) is 16.6 Å². The lowest BCUT2D eigenvalue weighted by Gasteiger charge is -2.43. The quantitative estimate of drug-likeness (QED) is 0.116. The van der Waals surface area contributed by atoms with Gasteiger partial charge in [-0.15, -0.1) is 11.3 Å². The third-order valence-corrected chi connectivity index (χ3v) is 13.4. The van der Waals surface area contributed by atoms with Crippen LogP contribution in [0.4, 0.5) is 10.5 Å². The highest BCUT2D eigenvalue weighted by Gasteiger charge is 2.50. The van der Waals surface area contributed by atoms with Gasteiger partial charge in [-0.2, -0.15) is 0 Å². The summed E-state index contributed by atoms with van der Waals surface area (Å²) in [5, 5.41) is 29.5. The minimum Gasteiger partial charge on any atom is -0.465 e. The molecule has 0 aliphatic rings. The maximum absolute atomic E-state index is 13.6. The summed E-state index contributed by atoms with van der Waals surface area (Å²) in [4.78, 5) is 54.3. The van der Waals surface area contributed by atoms with Gasteiger partial charge >= 0.3 is 6.09 Å². The fraction of sp³-hybridized carbons (Fsp3) is 0.242. The van der Waals surface area contributed by atoms with E-state index < -0.39 is 55.9 Å². The lowest BCUT2D eigenvalue weighted by molar-refractivity contribution is -0.129. The SMILES string of the molecule is CC(C)(C)[Si](OC[C@H](NC(=O)c1csc(-c2ccc(NC(=O)O)cc2)n1)C(=O)N[C@@H](CO)C(N)=O)(c1ccccc1)c1ccccc1. The molecule has 0 saturated carbocycles. The number of benzene rings is 3. The summed E-state index contributed by atoms with van der Waals surface area (Å²) in [6.07, 6.45) is -1.19. The smallest absolute Gasteiger partial charge is 0.409 e. The Kier molecular flexibility index (Phi) is 11.3. The first kappa shape index (κ1) is 35.0. The van der Waals surface area contributed by atoms with E-state index in [4.69, 9.17) is 15.3 Å². The standard InChI is InChI=1S/C33H37N5O7SSi/c1-33(2,3)47(23-10-6-4-7-11-23,24-12-8-5-9-13-24)45-19-26(29(41)36-25(18-39)28(34)40)37-30(42)27-20-46-31(38-27)21-14-16-22(17-15-21)35-32(43)44/h4-17,20,25-26,35,39H,18-19H2,1-3H3,(H2,34,40)(H,36,41)(H,37,42)(H,43,44)/t25-,26-/m0/s1. The molecule has 47 heavy (non-hydrogen) atoms. The number of thiazole rings is 1. The molecule has 14 heteroatoms. The molecule has 7 N–H and O–H groups in total. The zero-order valence-electron chi connectivity index (χ0n) is 26.1. The van der Waals surface area contributed by atoms with Crippen LogP contribution in [0.5, 0.6) is 0 Å². The molecular weight excluding hydrogens is 639 g/mol. The van der Waals surface area contributed by atoms with Crippen LogP contribution in [0.1, 0.15) is 31.3 Å². The van der Waals surface area contributed by atoms with E-state index in [2.05, 4.69) is 41.7 Å². The van der Waals surface area contributed by atoms with Gasteiger partial charge in [-0.3, -0.25) is 19.7 Å². The molecule has 0 radical (unpaired) electrons. The molecule has 0 unspecified atom stereocenters. The number of nitrogens with one attached hydrogen (secondary N) is 3. The molecule has 2 atom stereocenters. The van der Waals surface area contributed by atoms with Crippen molar-refractivity contribution in [2.24, 2.45) is 5.73 Å². The molecule has 4 amide bonds. The molecule has 0 aliphatic carbocycles. The second-order valence-corrected chi connectivity index (χ2v) is 16.9. The Morgan fingerprint density at radius 1 is 0.894 bits per heavy atom. The number of aliphatic hydroxyl groups is 1. The fourth-order valence-electron chi connectivity index (χ4n) is 5.19. The van der Waals surface area contributed by atoms with Crippen LogP contribution in [0.15, 0.2) is 90.3 Å². The second-order valence-electron chi connectivity index (χ2n) is 11.7. The predicted molar refractivity (Wildman–Crippen MR) is 182 cm³/mol. The Morgan fingerprint density at radius 2 is 1.47 bits per heavy atom. The van der Waals surface area contributed by atoms with Crippen LogP contribution >= 0.6 is 11.3 Å². The zero-order chi connectivity index (χ0) is 34.2. The van der Waals surface area contributed by atoms with E-state index in [9.17, 15) is 24.3 Å². The first-order valence-corrected chi connectivity index (χ1v) is 17.5. The van der Waals surface area contributed by atoms with Crippen LogP contribution < -0.4 is 32.1 Å². The van der Waals surface area contributed by atoms with Gasteiger partial charge in [0.05, 0.1) is 13.2 Å². The van der Waals surface area contributed by atoms with Crippen molar-refractivity contribution in [3.8, 4) is 10.6 Å². The number of rotatable bonds is 13. The lowest BCUT2D eigenvalue weighted by Crippen LogP contribution is -2.68. The van der Waals surface area contributed by atoms with Crippen molar-refractivity contribution in [1.29, 1.82) is 0 Å². The van der Waals surface area contributed by atoms with Crippen molar-refractivity contribution in [2.45, 2.75) is 37.9 Å². The maximum Gasteiger partial charge on any atom is 0.409 e. The van der Waals surface area contributed by atoms with Crippen molar-refractivity contribution in [3.63, 3.8) is 0 Å². The fourth-order valence-corrected chi connectivity index (χ4v) is 10.6. The van der Waals surface area contributed by atoms with E-state index in [0.29, 0.717) is 16.3 Å². The summed E-state index contributed by atoms with van der Waals surface area (Å²) >= 11 is 1.19. The Hall–Kier alpha value is -4.89. The van der Waals surface area contributed by atoms with E-state index in [1.165, 1.54) is 16.7 Å². The first-order chi connectivity index (χ1) is 22.4. The van der Waals surface area contributed by atoms with Crippen molar-refractivity contribution in [3.05, 3.63) is 96.0 Å². The molecular formula is C33H37N5O7SSi. The number of carbonyl (C=O) groups excluding carboxylic acids is 3. The topological polar surface area (TPSA) is 193 Å². The van der Waals surface area contributed by atoms with Gasteiger partial charge in [-0.05, 0) is 39.7 Å². The Bertz CT molecular complexity index is 1660. The molecule has 0 bridgehead atoms. The molecule has 1 aromatic heterocycles. The van der Waals surface area contributed by atoms with Crippen LogP contribution in [0.3, 0.4) is 0 Å². The number of aromatic nitrogens is 1. The molecule has 0 saturated heterocycles. The number of anilines is 1. The van der Waals surface area contributed by atoms with Gasteiger partial charge in [-0.25, -0.2) is 9.78 Å². The average Bonchev–Trinajstić information content (AvgIpc) is 3.54. The van der Waals surface area contributed by atoms with Crippen molar-refractivity contribution >= 4 is 59.5 Å². The van der Waals surface area contributed by atoms with Crippen LogP contribution in [0.2, 0.25) is 5.04 Å². The van der Waals surface area contributed by atoms with Gasteiger partial charge in [0.1, 0.15) is 22.8 Å². The van der Waals surface area contributed by atoms with Gasteiger partial charge in [0.2, 0.25) is 11.8 Å². The highest BCUT2D eigenvalue weighted by Crippen LogP contribution is 2.37. The van der Waals surface area contributed by atoms with Gasteiger partial charge in [0.25, 0.3) is 14.2 Å². The number of hydrogen-bond acceptors (Lipinski definition) is 8. The molecule has 4 aromatic rings. The predicted octanol–water partition coefficient (Wildman–Crippen LogP) is 2.54. The maximum atomic E-state index is 13.6. The summed E-state index contributed by atoms with van der Waals surface area (Å²) in [5.74, 6) is -2.37. The Morgan fingerprint density at radius 3 is 1.96 bits per heavy atom. The number of carboxylic acid groups (broad SMARTS) is 1. The second kappa shape index (κ2) is 15.1. The molecule has 0 spiro atoms. The number of amides is 4. The highest BCUT2D eigenvalue weighted by molar-refractivity contribution is 7.13. The number of hydrogen-bond donors (Lipinski definition) is 6. The number of carbonyl (C=O) groups is 4. The van der Waals surface area contributed by atoms with Crippen molar-refractivity contribution in [2.75, 3.05) is 18.5 Å². The third-order valence-electron chi connectivity index (χ3n) is 7.47. The molecule has 12 nitrogen and oxygen atoms in total. The molecule has 4 rings (SSSR count). The van der Waals surface area contributed by atoms with E-state index in [1.54, 1.807) is 24.3 Å². The average molecular weight is 676 g/mol. The monoisotopic (exact) mass is 675 g/mol. The Labute approximate surface area is 277 Å². The van der Waals surface area contributed by atoms with Gasteiger partial charge in [0.15, 0.2) is 0 Å². The van der Waals surface area contributed by atoms with E-state index in [0.717, 1.165) is 10.4 Å². The summed E-state index contributed by atoms with van der Waals surface area (Å²) in [6.45, 7) is 5.22.